The zero-order valence-electron chi connectivity index (χ0n) is 23.3. The molecule has 1 amide bonds. The second-order valence-corrected chi connectivity index (χ2v) is 10.5. The Hall–Kier alpha value is -4.51. The predicted molar refractivity (Wildman–Crippen MR) is 164 cm³/mol. The van der Waals surface area contributed by atoms with E-state index in [0.29, 0.717) is 34.4 Å². The van der Waals surface area contributed by atoms with Gasteiger partial charge in [0.05, 0.1) is 23.8 Å². The average Bonchev–Trinajstić information content (AvgIpc) is 3.52. The minimum Gasteiger partial charge on any atom is -0.487 e. The monoisotopic (exact) mass is 600 g/mol. The number of nitrogens with zero attached hydrogens (tertiary/aromatic N) is 4. The quantitative estimate of drug-likeness (QED) is 0.211. The summed E-state index contributed by atoms with van der Waals surface area (Å²) in [5, 5.41) is 7.53. The summed E-state index contributed by atoms with van der Waals surface area (Å²) in [5.74, 6) is 0.780. The average molecular weight is 601 g/mol. The van der Waals surface area contributed by atoms with Gasteiger partial charge in [0, 0.05) is 49.6 Å². The van der Waals surface area contributed by atoms with Crippen LogP contribution in [0.3, 0.4) is 0 Å². The number of carbonyl (C=O) groups excluding carboxylic acids is 1. The molecular weight excluding hydrogens is 571 g/mol. The number of halogens is 2. The second kappa shape index (κ2) is 13.2. The maximum atomic E-state index is 13.5. The highest BCUT2D eigenvalue weighted by atomic mass is 35.5. The number of aromatic nitrogens is 3. The van der Waals surface area contributed by atoms with E-state index in [2.05, 4.69) is 25.5 Å². The van der Waals surface area contributed by atoms with Crippen LogP contribution in [0.25, 0.3) is 22.0 Å². The van der Waals surface area contributed by atoms with Crippen LogP contribution in [-0.4, -0.2) is 64.9 Å². The van der Waals surface area contributed by atoms with Gasteiger partial charge in [-0.15, -0.1) is 0 Å². The summed E-state index contributed by atoms with van der Waals surface area (Å²) >= 11 is 6.50. The molecule has 6 rings (SSSR count). The molecule has 43 heavy (non-hydrogen) atoms. The van der Waals surface area contributed by atoms with E-state index in [9.17, 15) is 9.18 Å². The van der Waals surface area contributed by atoms with E-state index in [4.69, 9.17) is 21.1 Å². The van der Waals surface area contributed by atoms with Crippen molar-refractivity contribution in [3.05, 3.63) is 102 Å². The molecule has 3 heterocycles. The van der Waals surface area contributed by atoms with Gasteiger partial charge in [-0.1, -0.05) is 29.8 Å². The van der Waals surface area contributed by atoms with Gasteiger partial charge in [0.2, 0.25) is 0 Å². The number of hydrogen-bond acceptors (Lipinski definition) is 7. The molecule has 0 spiro atoms. The normalized spacial score (nSPS) is 13.6. The fourth-order valence-electron chi connectivity index (χ4n) is 4.89. The number of carbonyl (C=O) groups is 1. The van der Waals surface area contributed by atoms with Crippen molar-refractivity contribution in [1.29, 1.82) is 0 Å². The maximum absolute atomic E-state index is 13.5. The lowest BCUT2D eigenvalue weighted by Gasteiger charge is -2.26. The number of benzene rings is 3. The molecule has 1 fully saturated rings. The molecule has 0 unspecified atom stereocenters. The molecule has 5 aromatic rings. The van der Waals surface area contributed by atoms with Crippen LogP contribution in [0.1, 0.15) is 5.56 Å². The van der Waals surface area contributed by atoms with Gasteiger partial charge in [0.15, 0.2) is 0 Å². The summed E-state index contributed by atoms with van der Waals surface area (Å²) < 4.78 is 26.2. The van der Waals surface area contributed by atoms with Gasteiger partial charge in [0.25, 0.3) is 0 Å². The Morgan fingerprint density at radius 1 is 1.02 bits per heavy atom. The van der Waals surface area contributed by atoms with Crippen LogP contribution in [0.15, 0.2) is 85.5 Å². The molecule has 11 heteroatoms. The zero-order chi connectivity index (χ0) is 29.6. The summed E-state index contributed by atoms with van der Waals surface area (Å²) in [6.45, 7) is 4.79. The van der Waals surface area contributed by atoms with Crippen LogP contribution < -0.4 is 15.4 Å². The Morgan fingerprint density at radius 2 is 1.91 bits per heavy atom. The van der Waals surface area contributed by atoms with Gasteiger partial charge >= 0.3 is 6.03 Å². The Balaban J connectivity index is 1.13. The topological polar surface area (TPSA) is 93.5 Å². The molecule has 0 bridgehead atoms. The summed E-state index contributed by atoms with van der Waals surface area (Å²) in [4.78, 5) is 23.9. The Labute approximate surface area is 253 Å². The maximum Gasteiger partial charge on any atom is 0.325 e. The van der Waals surface area contributed by atoms with Crippen molar-refractivity contribution in [3.63, 3.8) is 0 Å². The molecule has 1 aliphatic rings. The third-order valence-electron chi connectivity index (χ3n) is 7.18. The highest BCUT2D eigenvalue weighted by molar-refractivity contribution is 6.32. The molecule has 1 saturated heterocycles. The van der Waals surface area contributed by atoms with Gasteiger partial charge in [-0.3, -0.25) is 9.47 Å². The largest absolute Gasteiger partial charge is 0.487 e. The fourth-order valence-corrected chi connectivity index (χ4v) is 5.12. The molecule has 9 nitrogen and oxygen atoms in total. The van der Waals surface area contributed by atoms with Crippen molar-refractivity contribution < 1.29 is 18.7 Å². The van der Waals surface area contributed by atoms with E-state index in [-0.39, 0.29) is 18.5 Å². The first-order valence-electron chi connectivity index (χ1n) is 14.0. The molecule has 2 N–H and O–H groups in total. The van der Waals surface area contributed by atoms with Crippen LogP contribution in [0.2, 0.25) is 5.02 Å². The Bertz CT molecular complexity index is 1740. The van der Waals surface area contributed by atoms with Gasteiger partial charge in [-0.05, 0) is 65.2 Å². The van der Waals surface area contributed by atoms with Crippen molar-refractivity contribution >= 4 is 40.0 Å². The molecule has 3 aromatic carbocycles. The SMILES string of the molecule is O=C(NCCN1CCOCC1)n1ccc(-c2ccc3ncnc(Nc4ccc(OCc5cccc(F)c5)c(Cl)c4)c3c2)c1. The lowest BCUT2D eigenvalue weighted by atomic mass is 10.1. The summed E-state index contributed by atoms with van der Waals surface area (Å²) in [6.07, 6.45) is 5.06. The number of hydrogen-bond donors (Lipinski definition) is 2. The Kier molecular flexibility index (Phi) is 8.78. The van der Waals surface area contributed by atoms with Gasteiger partial charge < -0.3 is 20.1 Å². The first kappa shape index (κ1) is 28.6. The predicted octanol–water partition coefficient (Wildman–Crippen LogP) is 6.10. The third-order valence-corrected chi connectivity index (χ3v) is 7.48. The number of ether oxygens (including phenoxy) is 2. The van der Waals surface area contributed by atoms with Crippen LogP contribution in [0, 0.1) is 5.82 Å². The number of amides is 1. The smallest absolute Gasteiger partial charge is 0.325 e. The lowest BCUT2D eigenvalue weighted by Crippen LogP contribution is -2.41. The molecule has 0 saturated carbocycles. The number of nitrogens with one attached hydrogen (secondary N) is 2. The fraction of sp³-hybridized carbons (Fsp3) is 0.219. The minimum atomic E-state index is -0.315. The van der Waals surface area contributed by atoms with Crippen LogP contribution in [0.4, 0.5) is 20.7 Å². The van der Waals surface area contributed by atoms with Crippen LogP contribution >= 0.6 is 11.6 Å². The molecule has 2 aromatic heterocycles. The van der Waals surface area contributed by atoms with Crippen LogP contribution in [0.5, 0.6) is 5.75 Å². The van der Waals surface area contributed by atoms with E-state index in [1.54, 1.807) is 35.0 Å². The summed E-state index contributed by atoms with van der Waals surface area (Å²) in [5.41, 5.74) is 4.00. The van der Waals surface area contributed by atoms with E-state index >= 15 is 0 Å². The van der Waals surface area contributed by atoms with Crippen molar-refractivity contribution in [1.82, 2.24) is 24.8 Å². The molecule has 1 aliphatic heterocycles. The Morgan fingerprint density at radius 3 is 2.74 bits per heavy atom. The van der Waals surface area contributed by atoms with Crippen molar-refractivity contribution in [2.24, 2.45) is 0 Å². The first-order chi connectivity index (χ1) is 21.0. The van der Waals surface area contributed by atoms with E-state index < -0.39 is 0 Å². The second-order valence-electron chi connectivity index (χ2n) is 10.1. The van der Waals surface area contributed by atoms with Crippen molar-refractivity contribution in [3.8, 4) is 16.9 Å². The molecular formula is C32H30ClFN6O3. The first-order valence-corrected chi connectivity index (χ1v) is 14.3. The van der Waals surface area contributed by atoms with Gasteiger partial charge in [-0.2, -0.15) is 0 Å². The lowest BCUT2D eigenvalue weighted by molar-refractivity contribution is 0.0387. The van der Waals surface area contributed by atoms with Crippen molar-refractivity contribution in [2.75, 3.05) is 44.7 Å². The third kappa shape index (κ3) is 7.11. The molecule has 0 aliphatic carbocycles. The highest BCUT2D eigenvalue weighted by Crippen LogP contribution is 2.32. The van der Waals surface area contributed by atoms with E-state index in [1.807, 2.05) is 36.5 Å². The standard InChI is InChI=1S/C32H30ClFN6O3/c33-28-18-26(5-7-30(28)43-20-22-2-1-3-25(34)16-22)38-31-27-17-23(4-6-29(27)36-21-37-31)24-8-10-40(19-24)32(41)35-9-11-39-12-14-42-15-13-39/h1-8,10,16-19,21H,9,11-15,20H2,(H,35,41)(H,36,37,38). The molecule has 220 valence electrons. The number of anilines is 2. The van der Waals surface area contributed by atoms with Gasteiger partial charge in [0.1, 0.15) is 30.3 Å². The summed E-state index contributed by atoms with van der Waals surface area (Å²) in [7, 11) is 0. The van der Waals surface area contributed by atoms with E-state index in [1.165, 1.54) is 18.5 Å². The van der Waals surface area contributed by atoms with Gasteiger partial charge in [-0.25, -0.2) is 19.2 Å². The van der Waals surface area contributed by atoms with E-state index in [0.717, 1.165) is 54.9 Å². The molecule has 0 radical (unpaired) electrons. The van der Waals surface area contributed by atoms with Crippen LogP contribution in [-0.2, 0) is 11.3 Å². The number of morpholine rings is 1. The highest BCUT2D eigenvalue weighted by Gasteiger charge is 2.13. The van der Waals surface area contributed by atoms with Crippen molar-refractivity contribution in [2.45, 2.75) is 6.61 Å². The number of rotatable bonds is 9. The zero-order valence-corrected chi connectivity index (χ0v) is 24.1. The minimum absolute atomic E-state index is 0.175. The summed E-state index contributed by atoms with van der Waals surface area (Å²) in [6, 6.07) is 19.2. The number of fused-ring (bicyclic) bond motifs is 1. The molecule has 0 atom stereocenters.